The zero-order valence-electron chi connectivity index (χ0n) is 11.9. The molecule has 1 aliphatic heterocycles. The summed E-state index contributed by atoms with van der Waals surface area (Å²) in [6.07, 6.45) is 16.6. The third kappa shape index (κ3) is 2.80. The van der Waals surface area contributed by atoms with Crippen molar-refractivity contribution in [2.24, 2.45) is 16.6 Å². The molecular formula is C16H27N3. The molecule has 0 aromatic carbocycles. The van der Waals surface area contributed by atoms with Crippen molar-refractivity contribution in [2.75, 3.05) is 6.54 Å². The van der Waals surface area contributed by atoms with Crippen molar-refractivity contribution in [2.45, 2.75) is 69.9 Å². The number of nitrogens with two attached hydrogens (primary N) is 1. The van der Waals surface area contributed by atoms with E-state index in [1.807, 2.05) is 0 Å². The predicted molar refractivity (Wildman–Crippen MR) is 80.1 cm³/mol. The molecule has 3 rings (SSSR count). The van der Waals surface area contributed by atoms with Crippen LogP contribution in [0.5, 0.6) is 0 Å². The van der Waals surface area contributed by atoms with Gasteiger partial charge in [0.2, 0.25) is 0 Å². The molecule has 0 amide bonds. The summed E-state index contributed by atoms with van der Waals surface area (Å²) in [5.74, 6) is 1.59. The normalized spacial score (nSPS) is 33.3. The molecule has 106 valence electrons. The fourth-order valence-electron chi connectivity index (χ4n) is 4.06. The quantitative estimate of drug-likeness (QED) is 0.613. The van der Waals surface area contributed by atoms with Crippen LogP contribution in [-0.2, 0) is 0 Å². The molecule has 1 saturated carbocycles. The van der Waals surface area contributed by atoms with Crippen LogP contribution in [0.2, 0.25) is 0 Å². The van der Waals surface area contributed by atoms with E-state index in [1.54, 1.807) is 0 Å². The van der Waals surface area contributed by atoms with Crippen molar-refractivity contribution in [3.63, 3.8) is 0 Å². The van der Waals surface area contributed by atoms with E-state index in [-0.39, 0.29) is 0 Å². The second-order valence-electron chi connectivity index (χ2n) is 6.36. The van der Waals surface area contributed by atoms with Gasteiger partial charge in [0, 0.05) is 6.04 Å². The minimum atomic E-state index is 0.577. The Labute approximate surface area is 117 Å². The molecule has 0 aromatic heterocycles. The monoisotopic (exact) mass is 261 g/mol. The number of guanidine groups is 1. The van der Waals surface area contributed by atoms with E-state index in [9.17, 15) is 0 Å². The maximum absolute atomic E-state index is 6.22. The van der Waals surface area contributed by atoms with Gasteiger partial charge in [0.25, 0.3) is 0 Å². The Bertz CT molecular complexity index is 353. The van der Waals surface area contributed by atoms with Crippen LogP contribution < -0.4 is 5.73 Å². The Kier molecular flexibility index (Phi) is 4.09. The summed E-state index contributed by atoms with van der Waals surface area (Å²) in [5.41, 5.74) is 6.22. The van der Waals surface area contributed by atoms with E-state index in [0.717, 1.165) is 18.4 Å². The molecule has 1 heterocycles. The third-order valence-electron chi connectivity index (χ3n) is 5.13. The molecule has 3 aliphatic rings. The first-order chi connectivity index (χ1) is 9.36. The maximum atomic E-state index is 6.22. The van der Waals surface area contributed by atoms with Crippen LogP contribution in [-0.4, -0.2) is 29.5 Å². The number of hydrogen-bond donors (Lipinski definition) is 1. The maximum Gasteiger partial charge on any atom is 0.191 e. The van der Waals surface area contributed by atoms with Crippen LogP contribution in [0.1, 0.15) is 57.8 Å². The van der Waals surface area contributed by atoms with Gasteiger partial charge in [-0.25, -0.2) is 0 Å². The summed E-state index contributed by atoms with van der Waals surface area (Å²) < 4.78 is 0. The third-order valence-corrected chi connectivity index (χ3v) is 5.13. The number of rotatable bonds is 2. The lowest BCUT2D eigenvalue weighted by atomic mass is 9.86. The van der Waals surface area contributed by atoms with Gasteiger partial charge in [-0.2, -0.15) is 0 Å². The molecule has 2 unspecified atom stereocenters. The summed E-state index contributed by atoms with van der Waals surface area (Å²) in [6.45, 7) is 0.931. The van der Waals surface area contributed by atoms with Crippen LogP contribution in [0.4, 0.5) is 0 Å². The highest BCUT2D eigenvalue weighted by atomic mass is 15.3. The lowest BCUT2D eigenvalue weighted by molar-refractivity contribution is 0.174. The Morgan fingerprint density at radius 3 is 2.53 bits per heavy atom. The minimum Gasteiger partial charge on any atom is -0.370 e. The highest BCUT2D eigenvalue weighted by molar-refractivity contribution is 5.80. The number of hydrogen-bond acceptors (Lipinski definition) is 3. The van der Waals surface area contributed by atoms with Crippen LogP contribution >= 0.6 is 0 Å². The van der Waals surface area contributed by atoms with Gasteiger partial charge in [0.1, 0.15) is 0 Å². The average Bonchev–Trinajstić information content (AvgIpc) is 2.66. The molecule has 19 heavy (non-hydrogen) atoms. The average molecular weight is 261 g/mol. The van der Waals surface area contributed by atoms with Crippen molar-refractivity contribution in [1.82, 2.24) is 4.90 Å². The van der Waals surface area contributed by atoms with E-state index in [0.29, 0.717) is 12.1 Å². The van der Waals surface area contributed by atoms with E-state index in [1.165, 1.54) is 57.8 Å². The molecule has 2 N–H and O–H groups in total. The molecule has 2 aliphatic carbocycles. The second-order valence-corrected chi connectivity index (χ2v) is 6.36. The summed E-state index contributed by atoms with van der Waals surface area (Å²) in [5, 5.41) is 0. The summed E-state index contributed by atoms with van der Waals surface area (Å²) in [4.78, 5) is 7.09. The topological polar surface area (TPSA) is 41.6 Å². The van der Waals surface area contributed by atoms with Crippen molar-refractivity contribution in [3.05, 3.63) is 12.2 Å². The highest BCUT2D eigenvalue weighted by Gasteiger charge is 2.36. The Balaban J connectivity index is 1.71. The second kappa shape index (κ2) is 5.98. The lowest BCUT2D eigenvalue weighted by Crippen LogP contribution is -2.50. The van der Waals surface area contributed by atoms with Crippen molar-refractivity contribution >= 4 is 5.96 Å². The standard InChI is InChI=1S/C16H27N3/c17-16-18-12-15(13-8-4-3-5-9-13)19(16)14-10-6-1-2-7-11-14/h3-4,13-15H,1-2,5-12H2,(H2,17,18). The molecule has 1 fully saturated rings. The smallest absolute Gasteiger partial charge is 0.191 e. The van der Waals surface area contributed by atoms with Gasteiger partial charge < -0.3 is 10.6 Å². The van der Waals surface area contributed by atoms with E-state index in [4.69, 9.17) is 5.73 Å². The molecule has 0 saturated heterocycles. The predicted octanol–water partition coefficient (Wildman–Crippen LogP) is 3.06. The first-order valence-electron chi connectivity index (χ1n) is 8.09. The van der Waals surface area contributed by atoms with Crippen molar-refractivity contribution < 1.29 is 0 Å². The van der Waals surface area contributed by atoms with Crippen LogP contribution in [0, 0.1) is 5.92 Å². The van der Waals surface area contributed by atoms with Gasteiger partial charge in [-0.15, -0.1) is 0 Å². The fraction of sp³-hybridized carbons (Fsp3) is 0.812. The van der Waals surface area contributed by atoms with Gasteiger partial charge in [0.15, 0.2) is 5.96 Å². The SMILES string of the molecule is NC1=NCC(C2CC=CCC2)N1C1CCCCCC1. The number of aliphatic imine (C=N–C) groups is 1. The van der Waals surface area contributed by atoms with Gasteiger partial charge in [0.05, 0.1) is 12.6 Å². The van der Waals surface area contributed by atoms with Gasteiger partial charge >= 0.3 is 0 Å². The van der Waals surface area contributed by atoms with Gasteiger partial charge in [-0.1, -0.05) is 37.8 Å². The fourth-order valence-corrected chi connectivity index (χ4v) is 4.06. The van der Waals surface area contributed by atoms with Crippen molar-refractivity contribution in [3.8, 4) is 0 Å². The van der Waals surface area contributed by atoms with Gasteiger partial charge in [-0.05, 0) is 38.0 Å². The Hall–Kier alpha value is -0.990. The van der Waals surface area contributed by atoms with E-state index < -0.39 is 0 Å². The molecule has 0 aromatic rings. The summed E-state index contributed by atoms with van der Waals surface area (Å²) >= 11 is 0. The summed E-state index contributed by atoms with van der Waals surface area (Å²) in [7, 11) is 0. The van der Waals surface area contributed by atoms with Crippen LogP contribution in [0.25, 0.3) is 0 Å². The minimum absolute atomic E-state index is 0.577. The van der Waals surface area contributed by atoms with Crippen molar-refractivity contribution in [1.29, 1.82) is 0 Å². The van der Waals surface area contributed by atoms with E-state index >= 15 is 0 Å². The Morgan fingerprint density at radius 2 is 1.84 bits per heavy atom. The molecule has 0 radical (unpaired) electrons. The Morgan fingerprint density at radius 1 is 1.05 bits per heavy atom. The van der Waals surface area contributed by atoms with Gasteiger partial charge in [-0.3, -0.25) is 4.99 Å². The molecule has 0 bridgehead atoms. The highest BCUT2D eigenvalue weighted by Crippen LogP contribution is 2.32. The zero-order valence-corrected chi connectivity index (χ0v) is 11.9. The molecule has 3 heteroatoms. The zero-order chi connectivity index (χ0) is 13.1. The first-order valence-corrected chi connectivity index (χ1v) is 8.09. The molecular weight excluding hydrogens is 234 g/mol. The first kappa shape index (κ1) is 13.0. The number of nitrogens with zero attached hydrogens (tertiary/aromatic N) is 2. The molecule has 2 atom stereocenters. The number of allylic oxidation sites excluding steroid dienone is 2. The van der Waals surface area contributed by atoms with Crippen LogP contribution in [0.3, 0.4) is 0 Å². The molecule has 3 nitrogen and oxygen atoms in total. The lowest BCUT2D eigenvalue weighted by Gasteiger charge is -2.38. The summed E-state index contributed by atoms with van der Waals surface area (Å²) in [6, 6.07) is 1.23. The van der Waals surface area contributed by atoms with Crippen LogP contribution in [0.15, 0.2) is 17.1 Å². The largest absolute Gasteiger partial charge is 0.370 e. The molecule has 0 spiro atoms. The van der Waals surface area contributed by atoms with E-state index in [2.05, 4.69) is 22.0 Å².